The Labute approximate surface area is 392 Å². The van der Waals surface area contributed by atoms with E-state index in [1.807, 2.05) is 21.1 Å². The topological polar surface area (TPSA) is 108 Å². The molecule has 366 valence electrons. The van der Waals surface area contributed by atoms with Gasteiger partial charge >= 0.3 is 19.8 Å². The van der Waals surface area contributed by atoms with Crippen molar-refractivity contribution < 1.29 is 42.1 Å². The molecular weight excluding hydrogens is 822 g/mol. The van der Waals surface area contributed by atoms with Crippen LogP contribution in [0, 0.1) is 0 Å². The van der Waals surface area contributed by atoms with E-state index in [9.17, 15) is 19.0 Å². The second-order valence-electron chi connectivity index (χ2n) is 17.4. The van der Waals surface area contributed by atoms with Gasteiger partial charge in [0.25, 0.3) is 0 Å². The smallest absolute Gasteiger partial charge is 0.462 e. The number of unbranched alkanes of at least 4 members (excludes halogenated alkanes) is 14. The lowest BCUT2D eigenvalue weighted by atomic mass is 10.0. The van der Waals surface area contributed by atoms with Crippen LogP contribution in [0.15, 0.2) is 97.2 Å². The summed E-state index contributed by atoms with van der Waals surface area (Å²) in [5.41, 5.74) is 0. The summed E-state index contributed by atoms with van der Waals surface area (Å²) in [7, 11) is 1.44. The number of ether oxygens (including phenoxy) is 2. The Bertz CT molecular complexity index is 1400. The highest BCUT2D eigenvalue weighted by Gasteiger charge is 2.27. The maximum Gasteiger partial charge on any atom is 0.472 e. The van der Waals surface area contributed by atoms with Gasteiger partial charge < -0.3 is 18.9 Å². The van der Waals surface area contributed by atoms with E-state index in [-0.39, 0.29) is 26.1 Å². The van der Waals surface area contributed by atoms with Crippen LogP contribution in [0.25, 0.3) is 0 Å². The van der Waals surface area contributed by atoms with Crippen LogP contribution >= 0.6 is 7.82 Å². The minimum atomic E-state index is -4.39. The van der Waals surface area contributed by atoms with E-state index in [1.165, 1.54) is 38.5 Å². The highest BCUT2D eigenvalue weighted by molar-refractivity contribution is 7.47. The van der Waals surface area contributed by atoms with Crippen LogP contribution in [-0.4, -0.2) is 74.9 Å². The van der Waals surface area contributed by atoms with Crippen LogP contribution in [0.5, 0.6) is 0 Å². The molecule has 0 saturated carbocycles. The molecule has 64 heavy (non-hydrogen) atoms. The molecule has 9 nitrogen and oxygen atoms in total. The number of carbonyl (C=O) groups excluding carboxylic acids is 2. The Kier molecular flexibility index (Phi) is 42.9. The van der Waals surface area contributed by atoms with Crippen molar-refractivity contribution in [2.75, 3.05) is 47.5 Å². The van der Waals surface area contributed by atoms with Crippen molar-refractivity contribution in [3.05, 3.63) is 97.2 Å². The monoisotopic (exact) mass is 915 g/mol. The molecule has 1 N–H and O–H groups in total. The fraction of sp³-hybridized carbons (Fsp3) is 0.667. The largest absolute Gasteiger partial charge is 0.472 e. The molecule has 0 radical (unpaired) electrons. The zero-order chi connectivity index (χ0) is 47.1. The molecule has 0 bridgehead atoms. The zero-order valence-electron chi connectivity index (χ0n) is 41.2. The maximum atomic E-state index is 12.8. The summed E-state index contributed by atoms with van der Waals surface area (Å²) in [5.74, 6) is -0.838. The zero-order valence-corrected chi connectivity index (χ0v) is 42.1. The van der Waals surface area contributed by atoms with E-state index in [4.69, 9.17) is 18.5 Å². The molecule has 0 heterocycles. The number of allylic oxidation sites excluding steroid dienone is 16. The van der Waals surface area contributed by atoms with Gasteiger partial charge in [0, 0.05) is 12.8 Å². The van der Waals surface area contributed by atoms with E-state index in [0.717, 1.165) is 103 Å². The molecule has 0 aromatic rings. The van der Waals surface area contributed by atoms with Crippen LogP contribution < -0.4 is 0 Å². The number of phosphoric acid groups is 1. The number of hydrogen-bond acceptors (Lipinski definition) is 7. The predicted octanol–water partition coefficient (Wildman–Crippen LogP) is 14.9. The van der Waals surface area contributed by atoms with Crippen LogP contribution in [0.3, 0.4) is 0 Å². The normalized spacial score (nSPS) is 14.3. The second kappa shape index (κ2) is 45.1. The van der Waals surface area contributed by atoms with Crippen molar-refractivity contribution in [3.8, 4) is 0 Å². The maximum absolute atomic E-state index is 12.8. The third kappa shape index (κ3) is 48.4. The van der Waals surface area contributed by atoms with Crippen molar-refractivity contribution in [2.24, 2.45) is 0 Å². The van der Waals surface area contributed by atoms with Gasteiger partial charge in [0.05, 0.1) is 27.7 Å². The molecule has 2 unspecified atom stereocenters. The summed E-state index contributed by atoms with van der Waals surface area (Å²) in [6.07, 6.45) is 60.3. The van der Waals surface area contributed by atoms with Gasteiger partial charge in [-0.3, -0.25) is 18.6 Å². The van der Waals surface area contributed by atoms with E-state index in [1.54, 1.807) is 0 Å². The number of esters is 2. The summed E-state index contributed by atoms with van der Waals surface area (Å²) in [4.78, 5) is 35.5. The Morgan fingerprint density at radius 2 is 0.844 bits per heavy atom. The molecule has 0 aliphatic carbocycles. The van der Waals surface area contributed by atoms with Gasteiger partial charge in [-0.05, 0) is 89.9 Å². The van der Waals surface area contributed by atoms with Gasteiger partial charge in [0.15, 0.2) is 6.10 Å². The van der Waals surface area contributed by atoms with E-state index < -0.39 is 32.5 Å². The summed E-state index contributed by atoms with van der Waals surface area (Å²) < 4.78 is 34.4. The number of hydrogen-bond donors (Lipinski definition) is 1. The molecule has 10 heteroatoms. The lowest BCUT2D eigenvalue weighted by Gasteiger charge is -2.24. The van der Waals surface area contributed by atoms with Gasteiger partial charge in [0.2, 0.25) is 0 Å². The molecule has 0 rings (SSSR count). The lowest BCUT2D eigenvalue weighted by molar-refractivity contribution is -0.870. The second-order valence-corrected chi connectivity index (χ2v) is 18.9. The minimum absolute atomic E-state index is 0.0212. The van der Waals surface area contributed by atoms with Crippen molar-refractivity contribution in [3.63, 3.8) is 0 Å². The van der Waals surface area contributed by atoms with Gasteiger partial charge in [0.1, 0.15) is 19.8 Å². The van der Waals surface area contributed by atoms with Crippen LogP contribution in [0.2, 0.25) is 0 Å². The Morgan fingerprint density at radius 3 is 1.25 bits per heavy atom. The standard InChI is InChI=1S/C54H92NO8P/c1-6-8-10-12-14-16-18-20-22-24-25-26-27-28-29-31-33-35-37-39-41-43-45-47-54(57)63-52(51-62-64(58,59)61-49-48-55(3,4)5)50-60-53(56)46-44-42-40-38-36-34-32-30-23-21-19-17-15-13-11-9-7-2/h8-11,14-17,20-23,25-26,32,34,52H,6-7,12-13,18-19,24,27-31,33,35-51H2,1-5H3/p+1/b10-8-,11-9-,16-14-,17-15-,22-20-,23-21-,26-25-,34-32-. The molecule has 2 atom stereocenters. The van der Waals surface area contributed by atoms with Gasteiger partial charge in [-0.2, -0.15) is 0 Å². The van der Waals surface area contributed by atoms with Crippen molar-refractivity contribution >= 4 is 19.8 Å². The van der Waals surface area contributed by atoms with Crippen LogP contribution in [0.1, 0.15) is 181 Å². The number of likely N-dealkylation sites (N-methyl/N-ethyl adjacent to an activating group) is 1. The number of nitrogens with zero attached hydrogens (tertiary/aromatic N) is 1. The average molecular weight is 915 g/mol. The third-order valence-corrected chi connectivity index (χ3v) is 11.1. The van der Waals surface area contributed by atoms with Gasteiger partial charge in [-0.15, -0.1) is 0 Å². The van der Waals surface area contributed by atoms with Crippen molar-refractivity contribution in [1.82, 2.24) is 0 Å². The van der Waals surface area contributed by atoms with Crippen molar-refractivity contribution in [2.45, 2.75) is 187 Å². The number of phosphoric ester groups is 1. The first kappa shape index (κ1) is 60.9. The number of quaternary nitrogens is 1. The minimum Gasteiger partial charge on any atom is -0.462 e. The summed E-state index contributed by atoms with van der Waals surface area (Å²) in [5, 5.41) is 0. The highest BCUT2D eigenvalue weighted by Crippen LogP contribution is 2.43. The van der Waals surface area contributed by atoms with Crippen molar-refractivity contribution in [1.29, 1.82) is 0 Å². The average Bonchev–Trinajstić information content (AvgIpc) is 3.25. The van der Waals surface area contributed by atoms with E-state index in [0.29, 0.717) is 23.9 Å². The molecule has 0 aromatic carbocycles. The first-order chi connectivity index (χ1) is 31.0. The van der Waals surface area contributed by atoms with Gasteiger partial charge in [-0.25, -0.2) is 4.57 Å². The predicted molar refractivity (Wildman–Crippen MR) is 270 cm³/mol. The van der Waals surface area contributed by atoms with E-state index >= 15 is 0 Å². The molecule has 0 aliphatic rings. The summed E-state index contributed by atoms with van der Waals surface area (Å²) >= 11 is 0. The SMILES string of the molecule is CC/C=C\C/C=C\C/C=C\C/C=C\CCCCCCCCCCCCC(=O)OC(COC(=O)CCCCCC/C=C\C/C=C\C/C=C\C/C=C\CC)COP(=O)(O)OCC[N+](C)(C)C. The number of carbonyl (C=O) groups is 2. The molecule has 0 aliphatic heterocycles. The molecule has 0 fully saturated rings. The summed E-state index contributed by atoms with van der Waals surface area (Å²) in [6.45, 7) is 4.15. The fourth-order valence-electron chi connectivity index (χ4n) is 6.29. The molecular formula is C54H93NO8P+. The first-order valence-corrected chi connectivity index (χ1v) is 26.5. The highest BCUT2D eigenvalue weighted by atomic mass is 31.2. The molecule has 0 amide bonds. The Hall–Kier alpha value is -3.07. The van der Waals surface area contributed by atoms with Crippen LogP contribution in [-0.2, 0) is 32.7 Å². The quantitative estimate of drug-likeness (QED) is 0.0212. The van der Waals surface area contributed by atoms with Gasteiger partial charge in [-0.1, -0.05) is 175 Å². The summed E-state index contributed by atoms with van der Waals surface area (Å²) in [6, 6.07) is 0. The first-order valence-electron chi connectivity index (χ1n) is 25.0. The third-order valence-electron chi connectivity index (χ3n) is 10.1. The Balaban J connectivity index is 4.32. The fourth-order valence-corrected chi connectivity index (χ4v) is 7.03. The molecule has 0 saturated heterocycles. The lowest BCUT2D eigenvalue weighted by Crippen LogP contribution is -2.37. The van der Waals surface area contributed by atoms with Crippen LogP contribution in [0.4, 0.5) is 0 Å². The number of rotatable bonds is 44. The Morgan fingerprint density at radius 1 is 0.484 bits per heavy atom. The van der Waals surface area contributed by atoms with E-state index in [2.05, 4.69) is 111 Å². The molecule has 0 spiro atoms. The molecule has 0 aromatic heterocycles.